The zero-order chi connectivity index (χ0) is 18.9. The van der Waals surface area contributed by atoms with Crippen LogP contribution in [0.5, 0.6) is 0 Å². The van der Waals surface area contributed by atoms with Crippen LogP contribution in [0.2, 0.25) is 0 Å². The van der Waals surface area contributed by atoms with Gasteiger partial charge in [0.25, 0.3) is 5.91 Å². The maximum absolute atomic E-state index is 13.0. The Bertz CT molecular complexity index is 987. The van der Waals surface area contributed by atoms with Gasteiger partial charge >= 0.3 is 5.97 Å². The lowest BCUT2D eigenvalue weighted by Crippen LogP contribution is -2.54. The number of carboxylic acids is 1. The minimum absolute atomic E-state index is 0.0264. The van der Waals surface area contributed by atoms with Crippen molar-refractivity contribution in [1.29, 1.82) is 0 Å². The molecule has 5 nitrogen and oxygen atoms in total. The molecule has 0 unspecified atom stereocenters. The topological polar surface area (TPSA) is 71.3 Å². The Morgan fingerprint density at radius 1 is 1.04 bits per heavy atom. The Kier molecular flexibility index (Phi) is 4.44. The van der Waals surface area contributed by atoms with Crippen LogP contribution in [0, 0.1) is 0 Å². The lowest BCUT2D eigenvalue weighted by Gasteiger charge is -2.41. The van der Waals surface area contributed by atoms with Crippen LogP contribution >= 0.6 is 0 Å². The average molecular weight is 362 g/mol. The van der Waals surface area contributed by atoms with Gasteiger partial charge in [0, 0.05) is 23.6 Å². The van der Waals surface area contributed by atoms with Gasteiger partial charge in [-0.2, -0.15) is 0 Å². The second-order valence-corrected chi connectivity index (χ2v) is 7.33. The Labute approximate surface area is 157 Å². The number of aliphatic carboxylic acids is 1. The molecule has 3 aromatic rings. The SMILES string of the molecule is O=C(O)CC1(NC(=O)c2cn(Cc3ccccc3)c3ccccc23)CCC1. The van der Waals surface area contributed by atoms with Gasteiger partial charge in [-0.1, -0.05) is 48.5 Å². The number of amides is 1. The van der Waals surface area contributed by atoms with Gasteiger partial charge in [-0.3, -0.25) is 9.59 Å². The number of rotatable bonds is 6. The van der Waals surface area contributed by atoms with Crippen LogP contribution in [0.3, 0.4) is 0 Å². The first-order valence-corrected chi connectivity index (χ1v) is 9.22. The summed E-state index contributed by atoms with van der Waals surface area (Å²) in [5.74, 6) is -1.07. The molecule has 0 radical (unpaired) electrons. The number of carbonyl (C=O) groups is 2. The van der Waals surface area contributed by atoms with Crippen LogP contribution in [0.1, 0.15) is 41.6 Å². The average Bonchev–Trinajstić information content (AvgIpc) is 2.99. The summed E-state index contributed by atoms with van der Waals surface area (Å²) in [6.45, 7) is 0.675. The number of nitrogens with one attached hydrogen (secondary N) is 1. The van der Waals surface area contributed by atoms with Crippen molar-refractivity contribution in [1.82, 2.24) is 9.88 Å². The summed E-state index contributed by atoms with van der Waals surface area (Å²) in [5, 5.41) is 13.1. The fourth-order valence-corrected chi connectivity index (χ4v) is 3.89. The molecule has 4 rings (SSSR count). The normalized spacial score (nSPS) is 15.3. The van der Waals surface area contributed by atoms with Gasteiger partial charge in [0.2, 0.25) is 0 Å². The minimum atomic E-state index is -0.874. The zero-order valence-electron chi connectivity index (χ0n) is 15.0. The van der Waals surface area contributed by atoms with Gasteiger partial charge in [-0.05, 0) is 30.9 Å². The number of hydrogen-bond donors (Lipinski definition) is 2. The number of hydrogen-bond acceptors (Lipinski definition) is 2. The molecular formula is C22H22N2O3. The highest BCUT2D eigenvalue weighted by atomic mass is 16.4. The van der Waals surface area contributed by atoms with Gasteiger partial charge in [-0.25, -0.2) is 0 Å². The third kappa shape index (κ3) is 3.45. The number of benzene rings is 2. The van der Waals surface area contributed by atoms with Crippen LogP contribution < -0.4 is 5.32 Å². The lowest BCUT2D eigenvalue weighted by atomic mass is 9.74. The van der Waals surface area contributed by atoms with E-state index in [0.29, 0.717) is 24.9 Å². The summed E-state index contributed by atoms with van der Waals surface area (Å²) < 4.78 is 2.07. The molecule has 1 aliphatic carbocycles. The molecule has 1 aliphatic rings. The summed E-state index contributed by atoms with van der Waals surface area (Å²) in [7, 11) is 0. The van der Waals surface area contributed by atoms with E-state index >= 15 is 0 Å². The molecule has 1 amide bonds. The van der Waals surface area contributed by atoms with E-state index in [1.165, 1.54) is 0 Å². The molecule has 138 valence electrons. The monoisotopic (exact) mass is 362 g/mol. The summed E-state index contributed by atoms with van der Waals surface area (Å²) in [5.41, 5.74) is 2.14. The van der Waals surface area contributed by atoms with E-state index in [1.807, 2.05) is 48.7 Å². The van der Waals surface area contributed by atoms with Gasteiger partial charge < -0.3 is 15.0 Å². The largest absolute Gasteiger partial charge is 0.481 e. The molecule has 2 aromatic carbocycles. The van der Waals surface area contributed by atoms with Crippen molar-refractivity contribution >= 4 is 22.8 Å². The van der Waals surface area contributed by atoms with E-state index in [0.717, 1.165) is 22.9 Å². The fourth-order valence-electron chi connectivity index (χ4n) is 3.89. The Morgan fingerprint density at radius 3 is 2.41 bits per heavy atom. The maximum Gasteiger partial charge on any atom is 0.305 e. The Balaban J connectivity index is 1.65. The quantitative estimate of drug-likeness (QED) is 0.700. The van der Waals surface area contributed by atoms with Crippen LogP contribution in [-0.2, 0) is 11.3 Å². The summed E-state index contributed by atoms with van der Waals surface area (Å²) in [4.78, 5) is 24.2. The Hall–Kier alpha value is -3.08. The third-order valence-corrected chi connectivity index (χ3v) is 5.41. The van der Waals surface area contributed by atoms with Gasteiger partial charge in [0.15, 0.2) is 0 Å². The first-order chi connectivity index (χ1) is 13.1. The van der Waals surface area contributed by atoms with E-state index in [1.54, 1.807) is 0 Å². The second kappa shape index (κ2) is 6.91. The number of aromatic nitrogens is 1. The number of para-hydroxylation sites is 1. The second-order valence-electron chi connectivity index (χ2n) is 7.33. The molecule has 1 aromatic heterocycles. The fraction of sp³-hybridized carbons (Fsp3) is 0.273. The standard InChI is InChI=1S/C22H22N2O3/c25-20(26)13-22(11-6-12-22)23-21(27)18-15-24(14-16-7-2-1-3-8-16)19-10-5-4-9-17(18)19/h1-5,7-10,15H,6,11-14H2,(H,23,27)(H,25,26). The first kappa shape index (κ1) is 17.3. The maximum atomic E-state index is 13.0. The smallest absolute Gasteiger partial charge is 0.305 e. The third-order valence-electron chi connectivity index (χ3n) is 5.41. The van der Waals surface area contributed by atoms with Crippen LogP contribution in [0.4, 0.5) is 0 Å². The van der Waals surface area contributed by atoms with Crippen molar-refractivity contribution in [2.24, 2.45) is 0 Å². The highest BCUT2D eigenvalue weighted by Gasteiger charge is 2.40. The molecule has 0 atom stereocenters. The van der Waals surface area contributed by atoms with Crippen molar-refractivity contribution in [2.45, 2.75) is 37.8 Å². The van der Waals surface area contributed by atoms with Gasteiger partial charge in [-0.15, -0.1) is 0 Å². The molecule has 1 heterocycles. The molecular weight excluding hydrogens is 340 g/mol. The van der Waals surface area contributed by atoms with Crippen molar-refractivity contribution < 1.29 is 14.7 Å². The summed E-state index contributed by atoms with van der Waals surface area (Å²) in [6, 6.07) is 17.9. The molecule has 1 saturated carbocycles. The van der Waals surface area contributed by atoms with E-state index in [2.05, 4.69) is 22.0 Å². The number of carboxylic acid groups (broad SMARTS) is 1. The van der Waals surface area contributed by atoms with Gasteiger partial charge in [0.05, 0.1) is 17.5 Å². The molecule has 5 heteroatoms. The summed E-state index contributed by atoms with van der Waals surface area (Å²) in [6.07, 6.45) is 4.23. The van der Waals surface area contributed by atoms with Crippen molar-refractivity contribution in [2.75, 3.05) is 0 Å². The molecule has 2 N–H and O–H groups in total. The summed E-state index contributed by atoms with van der Waals surface area (Å²) >= 11 is 0. The number of fused-ring (bicyclic) bond motifs is 1. The van der Waals surface area contributed by atoms with E-state index < -0.39 is 11.5 Å². The highest BCUT2D eigenvalue weighted by Crippen LogP contribution is 2.35. The predicted octanol–water partition coefficient (Wildman–Crippen LogP) is 3.82. The molecule has 1 fully saturated rings. The minimum Gasteiger partial charge on any atom is -0.481 e. The molecule has 0 spiro atoms. The van der Waals surface area contributed by atoms with Crippen LogP contribution in [0.15, 0.2) is 60.8 Å². The molecule has 0 bridgehead atoms. The van der Waals surface area contributed by atoms with E-state index in [4.69, 9.17) is 0 Å². The zero-order valence-corrected chi connectivity index (χ0v) is 15.0. The van der Waals surface area contributed by atoms with Crippen molar-refractivity contribution in [3.8, 4) is 0 Å². The first-order valence-electron chi connectivity index (χ1n) is 9.22. The van der Waals surface area contributed by atoms with Crippen molar-refractivity contribution in [3.63, 3.8) is 0 Å². The van der Waals surface area contributed by atoms with E-state index in [9.17, 15) is 14.7 Å². The number of carbonyl (C=O) groups excluding carboxylic acids is 1. The van der Waals surface area contributed by atoms with Gasteiger partial charge in [0.1, 0.15) is 0 Å². The highest BCUT2D eigenvalue weighted by molar-refractivity contribution is 6.07. The lowest BCUT2D eigenvalue weighted by molar-refractivity contribution is -0.139. The van der Waals surface area contributed by atoms with Crippen LogP contribution in [-0.4, -0.2) is 27.1 Å². The number of nitrogens with zero attached hydrogens (tertiary/aromatic N) is 1. The Morgan fingerprint density at radius 2 is 1.74 bits per heavy atom. The predicted molar refractivity (Wildman–Crippen MR) is 104 cm³/mol. The molecule has 27 heavy (non-hydrogen) atoms. The van der Waals surface area contributed by atoms with E-state index in [-0.39, 0.29) is 12.3 Å². The molecule has 0 saturated heterocycles. The van der Waals surface area contributed by atoms with Crippen LogP contribution in [0.25, 0.3) is 10.9 Å². The molecule has 0 aliphatic heterocycles. The van der Waals surface area contributed by atoms with Crippen molar-refractivity contribution in [3.05, 3.63) is 71.9 Å².